The van der Waals surface area contributed by atoms with E-state index >= 15 is 8.78 Å². The number of carboxylic acids is 1. The molecule has 2 aliphatic rings. The highest BCUT2D eigenvalue weighted by atomic mass is 79.9. The monoisotopic (exact) mass is 628 g/mol. The maximum absolute atomic E-state index is 15.2. The molecule has 0 aliphatic carbocycles. The lowest BCUT2D eigenvalue weighted by atomic mass is 9.79. The van der Waals surface area contributed by atoms with Crippen LogP contribution in [0.3, 0.4) is 0 Å². The Morgan fingerprint density at radius 1 is 1.33 bits per heavy atom. The number of ether oxygens (including phenoxy) is 1. The van der Waals surface area contributed by atoms with Crippen molar-refractivity contribution in [1.82, 2.24) is 15.2 Å². The Morgan fingerprint density at radius 3 is 2.69 bits per heavy atom. The van der Waals surface area contributed by atoms with E-state index in [9.17, 15) is 19.1 Å². The maximum Gasteiger partial charge on any atom is 0.338 e. The van der Waals surface area contributed by atoms with Gasteiger partial charge in [-0.05, 0) is 31.0 Å². The molecule has 3 heterocycles. The van der Waals surface area contributed by atoms with Crippen molar-refractivity contribution in [1.29, 1.82) is 0 Å². The first-order valence-electron chi connectivity index (χ1n) is 12.3. The van der Waals surface area contributed by atoms with Crippen molar-refractivity contribution in [3.63, 3.8) is 0 Å². The van der Waals surface area contributed by atoms with Gasteiger partial charge in [0.1, 0.15) is 11.9 Å². The first-order chi connectivity index (χ1) is 18.4. The molecule has 0 radical (unpaired) electrons. The van der Waals surface area contributed by atoms with E-state index in [-0.39, 0.29) is 37.3 Å². The fourth-order valence-corrected chi connectivity index (χ4v) is 6.16. The van der Waals surface area contributed by atoms with Gasteiger partial charge in [-0.1, -0.05) is 35.8 Å². The number of thiazole rings is 1. The number of likely N-dealkylation sites (tertiary alicyclic amines) is 1. The lowest BCUT2D eigenvalue weighted by Gasteiger charge is -2.35. The summed E-state index contributed by atoms with van der Waals surface area (Å²) in [5.41, 5.74) is -0.673. The van der Waals surface area contributed by atoms with Gasteiger partial charge in [0.05, 0.1) is 18.7 Å². The number of halogens is 4. The first kappa shape index (κ1) is 29.2. The molecule has 39 heavy (non-hydrogen) atoms. The van der Waals surface area contributed by atoms with E-state index in [1.165, 1.54) is 48.3 Å². The number of carbonyl (C=O) groups is 2. The highest BCUT2D eigenvalue weighted by Gasteiger charge is 2.60. The second-order valence-corrected chi connectivity index (χ2v) is 11.6. The molecule has 0 saturated carbocycles. The summed E-state index contributed by atoms with van der Waals surface area (Å²) >= 11 is 4.66. The summed E-state index contributed by atoms with van der Waals surface area (Å²) in [7, 11) is 0. The Bertz CT molecular complexity index is 1320. The third-order valence-corrected chi connectivity index (χ3v) is 8.59. The molecule has 2 aromatic rings. The number of hydrogen-bond donors (Lipinski definition) is 2. The van der Waals surface area contributed by atoms with Crippen molar-refractivity contribution in [2.45, 2.75) is 51.6 Å². The van der Waals surface area contributed by atoms with Gasteiger partial charge in [-0.2, -0.15) is 0 Å². The van der Waals surface area contributed by atoms with Crippen LogP contribution in [-0.4, -0.2) is 64.4 Å². The van der Waals surface area contributed by atoms with Gasteiger partial charge in [-0.25, -0.2) is 22.9 Å². The van der Waals surface area contributed by atoms with E-state index in [0.29, 0.717) is 20.9 Å². The molecular weight excluding hydrogens is 601 g/mol. The van der Waals surface area contributed by atoms with Gasteiger partial charge in [0, 0.05) is 46.2 Å². The lowest BCUT2D eigenvalue weighted by molar-refractivity contribution is -0.139. The average Bonchev–Trinajstić information content (AvgIpc) is 3.43. The minimum atomic E-state index is -3.11. The van der Waals surface area contributed by atoms with Crippen LogP contribution in [0.1, 0.15) is 50.2 Å². The third kappa shape index (κ3) is 5.90. The zero-order valence-corrected chi connectivity index (χ0v) is 23.9. The van der Waals surface area contributed by atoms with E-state index in [1.54, 1.807) is 18.5 Å². The molecule has 1 fully saturated rings. The second-order valence-electron chi connectivity index (χ2n) is 9.90. The molecule has 210 valence electrons. The molecule has 8 nitrogen and oxygen atoms in total. The highest BCUT2D eigenvalue weighted by molar-refractivity contribution is 9.10. The Balaban J connectivity index is 1.84. The molecule has 1 aromatic heterocycles. The van der Waals surface area contributed by atoms with E-state index in [2.05, 4.69) is 26.2 Å². The van der Waals surface area contributed by atoms with E-state index in [0.717, 1.165) is 0 Å². The molecule has 2 aliphatic heterocycles. The summed E-state index contributed by atoms with van der Waals surface area (Å²) in [6.07, 6.45) is 1.30. The molecule has 4 rings (SSSR count). The molecule has 1 saturated heterocycles. The number of rotatable bonds is 9. The summed E-state index contributed by atoms with van der Waals surface area (Å²) in [5, 5.41) is 14.6. The van der Waals surface area contributed by atoms with E-state index in [4.69, 9.17) is 9.73 Å². The molecule has 0 amide bonds. The van der Waals surface area contributed by atoms with Gasteiger partial charge in [0.15, 0.2) is 10.8 Å². The summed E-state index contributed by atoms with van der Waals surface area (Å²) in [4.78, 5) is 35.2. The molecule has 2 N–H and O–H groups in total. The number of aliphatic carboxylic acids is 1. The number of aromatic nitrogens is 1. The van der Waals surface area contributed by atoms with Crippen LogP contribution in [0.25, 0.3) is 0 Å². The van der Waals surface area contributed by atoms with Gasteiger partial charge in [-0.3, -0.25) is 14.7 Å². The number of aliphatic imine (C=N–C) groups is 1. The number of carboxylic acid groups (broad SMARTS) is 1. The highest BCUT2D eigenvalue weighted by Crippen LogP contribution is 2.49. The number of carbonyl (C=O) groups excluding carboxylic acids is 1. The van der Waals surface area contributed by atoms with Crippen LogP contribution in [0.4, 0.5) is 13.2 Å². The average molecular weight is 629 g/mol. The maximum atomic E-state index is 15.2. The summed E-state index contributed by atoms with van der Waals surface area (Å²) in [6, 6.07) is 2.25. The fourth-order valence-electron chi connectivity index (χ4n) is 5.01. The van der Waals surface area contributed by atoms with E-state index < -0.39 is 47.7 Å². The first-order valence-corrected chi connectivity index (χ1v) is 14.0. The Kier molecular flexibility index (Phi) is 8.52. The summed E-state index contributed by atoms with van der Waals surface area (Å²) in [6.45, 7) is 3.81. The second kappa shape index (κ2) is 11.4. The van der Waals surface area contributed by atoms with Crippen LogP contribution >= 0.6 is 27.3 Å². The number of amidine groups is 1. The fraction of sp³-hybridized carbons (Fsp3) is 0.462. The molecule has 2 atom stereocenters. The Morgan fingerprint density at radius 2 is 2.08 bits per heavy atom. The topological polar surface area (TPSA) is 104 Å². The Labute approximate surface area is 236 Å². The lowest BCUT2D eigenvalue weighted by Crippen LogP contribution is -2.44. The molecule has 0 unspecified atom stereocenters. The van der Waals surface area contributed by atoms with Crippen molar-refractivity contribution in [2.75, 3.05) is 19.7 Å². The van der Waals surface area contributed by atoms with Gasteiger partial charge in [0.2, 0.25) is 0 Å². The summed E-state index contributed by atoms with van der Waals surface area (Å²) in [5.74, 6) is -5.06. The normalized spacial score (nSPS) is 22.4. The minimum absolute atomic E-state index is 0.000306. The van der Waals surface area contributed by atoms with Crippen molar-refractivity contribution in [2.24, 2.45) is 10.4 Å². The third-order valence-electron chi connectivity index (χ3n) is 7.12. The standard InChI is InChI=1S/C26H28BrF3N4O4S/c1-4-38-24(37)20-17(12-34-13-26(29,30)25(2,3)18(34)7-8-19(35)36)32-22(23-31-9-10-39-23)33-21(20)15-6-5-14(28)11-16(15)27/h5-6,9-11,18,21H,4,7-8,12-13H2,1-3H3,(H,32,33)(H,35,36)/t18-,21+/m1/s1. The molecule has 13 heteroatoms. The van der Waals surface area contributed by atoms with Crippen LogP contribution in [-0.2, 0) is 14.3 Å². The molecular formula is C26H28BrF3N4O4S. The van der Waals surface area contributed by atoms with Crippen molar-refractivity contribution in [3.05, 3.63) is 61.9 Å². The largest absolute Gasteiger partial charge is 0.481 e. The number of benzene rings is 1. The minimum Gasteiger partial charge on any atom is -0.481 e. The van der Waals surface area contributed by atoms with Crippen molar-refractivity contribution >= 4 is 45.0 Å². The van der Waals surface area contributed by atoms with Gasteiger partial charge < -0.3 is 15.2 Å². The van der Waals surface area contributed by atoms with Crippen molar-refractivity contribution < 1.29 is 32.6 Å². The molecule has 1 aromatic carbocycles. The number of esters is 1. The van der Waals surface area contributed by atoms with Gasteiger partial charge in [-0.15, -0.1) is 11.3 Å². The van der Waals surface area contributed by atoms with E-state index in [1.807, 2.05) is 0 Å². The summed E-state index contributed by atoms with van der Waals surface area (Å²) < 4.78 is 50.1. The van der Waals surface area contributed by atoms with Crippen LogP contribution in [0.2, 0.25) is 0 Å². The zero-order valence-electron chi connectivity index (χ0n) is 21.5. The van der Waals surface area contributed by atoms with Crippen molar-refractivity contribution in [3.8, 4) is 0 Å². The number of nitrogens with one attached hydrogen (secondary N) is 1. The van der Waals surface area contributed by atoms with Crippen LogP contribution in [0, 0.1) is 11.2 Å². The SMILES string of the molecule is CCOC(=O)C1=C(CN2CC(F)(F)C(C)(C)[C@H]2CCC(=O)O)NC(c2nccs2)=N[C@H]1c1ccc(F)cc1Br. The number of alkyl halides is 2. The number of hydrogen-bond acceptors (Lipinski definition) is 8. The predicted molar refractivity (Wildman–Crippen MR) is 143 cm³/mol. The quantitative estimate of drug-likeness (QED) is 0.370. The smallest absolute Gasteiger partial charge is 0.338 e. The van der Waals surface area contributed by atoms with Crippen LogP contribution in [0.15, 0.2) is 50.5 Å². The van der Waals surface area contributed by atoms with Crippen LogP contribution in [0.5, 0.6) is 0 Å². The van der Waals surface area contributed by atoms with Crippen LogP contribution < -0.4 is 5.32 Å². The predicted octanol–water partition coefficient (Wildman–Crippen LogP) is 5.16. The number of nitrogens with zero attached hydrogens (tertiary/aromatic N) is 3. The van der Waals surface area contributed by atoms with Gasteiger partial charge >= 0.3 is 11.9 Å². The molecule has 0 spiro atoms. The van der Waals surface area contributed by atoms with Gasteiger partial charge in [0.25, 0.3) is 5.92 Å². The molecule has 0 bridgehead atoms. The zero-order chi connectivity index (χ0) is 28.5. The Hall–Kier alpha value is -2.77.